The molecule has 1 N–H and O–H groups in total. The molecule has 1 fully saturated rings. The van der Waals surface area contributed by atoms with Crippen molar-refractivity contribution < 1.29 is 5.11 Å². The monoisotopic (exact) mass is 158 g/mol. The number of thioether (sulfide) groups is 1. The van der Waals surface area contributed by atoms with Gasteiger partial charge in [-0.15, -0.1) is 0 Å². The molecule has 0 aromatic carbocycles. The zero-order valence-electron chi connectivity index (χ0n) is 5.66. The smallest absolute Gasteiger partial charge is 0.161 e. The normalized spacial score (nSPS) is 31.9. The average Bonchev–Trinajstić information content (AvgIpc) is 2.34. The predicted octanol–water partition coefficient (Wildman–Crippen LogP) is 0.113. The van der Waals surface area contributed by atoms with Crippen molar-refractivity contribution in [2.45, 2.75) is 12.6 Å². The summed E-state index contributed by atoms with van der Waals surface area (Å²) in [5.41, 5.74) is 0. The Balaban J connectivity index is 2.17. The Morgan fingerprint density at radius 3 is 3.40 bits per heavy atom. The topological polar surface area (TPSA) is 35.8 Å². The molecule has 10 heavy (non-hydrogen) atoms. The Kier molecular flexibility index (Phi) is 1.58. The summed E-state index contributed by atoms with van der Waals surface area (Å²) in [7, 11) is 0. The largest absolute Gasteiger partial charge is 0.373 e. The van der Waals surface area contributed by atoms with Crippen molar-refractivity contribution in [1.82, 2.24) is 4.90 Å². The second-order valence-corrected chi connectivity index (χ2v) is 3.49. The minimum atomic E-state index is -0.274. The molecule has 2 rings (SSSR count). The molecule has 3 nitrogen and oxygen atoms in total. The molecule has 2 heterocycles. The minimum Gasteiger partial charge on any atom is -0.373 e. The van der Waals surface area contributed by atoms with Crippen LogP contribution in [0.4, 0.5) is 0 Å². The van der Waals surface area contributed by atoms with Gasteiger partial charge in [0.1, 0.15) is 6.23 Å². The fourth-order valence-corrected chi connectivity index (χ4v) is 2.29. The zero-order chi connectivity index (χ0) is 6.97. The molecule has 0 spiro atoms. The summed E-state index contributed by atoms with van der Waals surface area (Å²) in [6.07, 6.45) is 0.810. The van der Waals surface area contributed by atoms with Crippen molar-refractivity contribution in [3.63, 3.8) is 0 Å². The maximum Gasteiger partial charge on any atom is 0.161 e. The molecule has 2 aliphatic rings. The van der Waals surface area contributed by atoms with Crippen LogP contribution in [0.2, 0.25) is 0 Å². The number of nitrogens with zero attached hydrogens (tertiary/aromatic N) is 2. The van der Waals surface area contributed by atoms with Gasteiger partial charge in [-0.2, -0.15) is 0 Å². The van der Waals surface area contributed by atoms with Crippen LogP contribution in [0.15, 0.2) is 4.99 Å². The molecular weight excluding hydrogens is 148 g/mol. The summed E-state index contributed by atoms with van der Waals surface area (Å²) in [5, 5.41) is 10.4. The highest BCUT2D eigenvalue weighted by Crippen LogP contribution is 2.24. The van der Waals surface area contributed by atoms with Crippen LogP contribution < -0.4 is 0 Å². The van der Waals surface area contributed by atoms with Gasteiger partial charge in [-0.05, 0) is 6.42 Å². The molecule has 0 radical (unpaired) electrons. The fraction of sp³-hybridized carbons (Fsp3) is 0.833. The summed E-state index contributed by atoms with van der Waals surface area (Å²) in [6.45, 7) is 1.92. The summed E-state index contributed by atoms with van der Waals surface area (Å²) >= 11 is 1.66. The SMILES string of the molecule is OC1CSC2=NCCCN21. The highest BCUT2D eigenvalue weighted by atomic mass is 32.2. The Bertz CT molecular complexity index is 171. The molecule has 0 aromatic heterocycles. The Morgan fingerprint density at radius 1 is 1.70 bits per heavy atom. The van der Waals surface area contributed by atoms with Crippen molar-refractivity contribution in [1.29, 1.82) is 0 Å². The molecule has 1 unspecified atom stereocenters. The first-order valence-electron chi connectivity index (χ1n) is 3.50. The maximum absolute atomic E-state index is 9.35. The maximum atomic E-state index is 9.35. The van der Waals surface area contributed by atoms with Gasteiger partial charge < -0.3 is 10.0 Å². The van der Waals surface area contributed by atoms with Crippen LogP contribution in [0.3, 0.4) is 0 Å². The van der Waals surface area contributed by atoms with Gasteiger partial charge in [0.15, 0.2) is 5.17 Å². The quantitative estimate of drug-likeness (QED) is 0.543. The number of aliphatic imine (C=N–C) groups is 1. The summed E-state index contributed by atoms with van der Waals surface area (Å²) in [6, 6.07) is 0. The molecule has 0 aromatic rings. The first-order chi connectivity index (χ1) is 4.88. The number of fused-ring (bicyclic) bond motifs is 1. The first kappa shape index (κ1) is 6.49. The lowest BCUT2D eigenvalue weighted by Crippen LogP contribution is -2.37. The van der Waals surface area contributed by atoms with E-state index in [2.05, 4.69) is 4.99 Å². The van der Waals surface area contributed by atoms with E-state index in [9.17, 15) is 5.11 Å². The highest BCUT2D eigenvalue weighted by Gasteiger charge is 2.29. The molecule has 0 amide bonds. The van der Waals surface area contributed by atoms with Crippen LogP contribution in [-0.4, -0.2) is 40.2 Å². The second kappa shape index (κ2) is 2.43. The van der Waals surface area contributed by atoms with Gasteiger partial charge in [0, 0.05) is 18.8 Å². The van der Waals surface area contributed by atoms with Crippen LogP contribution in [-0.2, 0) is 0 Å². The third kappa shape index (κ3) is 0.914. The average molecular weight is 158 g/mol. The van der Waals surface area contributed by atoms with Crippen molar-refractivity contribution in [2.24, 2.45) is 4.99 Å². The molecule has 4 heteroatoms. The van der Waals surface area contributed by atoms with E-state index in [0.717, 1.165) is 30.4 Å². The fourth-order valence-electron chi connectivity index (χ4n) is 1.25. The number of hydrogen-bond donors (Lipinski definition) is 1. The van der Waals surface area contributed by atoms with Crippen molar-refractivity contribution in [3.05, 3.63) is 0 Å². The number of aliphatic hydroxyl groups excluding tert-OH is 1. The van der Waals surface area contributed by atoms with Gasteiger partial charge in [-0.1, -0.05) is 11.8 Å². The van der Waals surface area contributed by atoms with Gasteiger partial charge in [0.2, 0.25) is 0 Å². The summed E-state index contributed by atoms with van der Waals surface area (Å²) in [5.74, 6) is 0.791. The van der Waals surface area contributed by atoms with E-state index in [1.807, 2.05) is 4.90 Å². The van der Waals surface area contributed by atoms with Crippen LogP contribution in [0.25, 0.3) is 0 Å². The summed E-state index contributed by atoms with van der Waals surface area (Å²) in [4.78, 5) is 6.27. The van der Waals surface area contributed by atoms with E-state index < -0.39 is 0 Å². The number of hydrogen-bond acceptors (Lipinski definition) is 4. The van der Waals surface area contributed by atoms with Gasteiger partial charge >= 0.3 is 0 Å². The molecule has 0 saturated carbocycles. The third-order valence-electron chi connectivity index (χ3n) is 1.77. The molecule has 1 saturated heterocycles. The minimum absolute atomic E-state index is 0.274. The van der Waals surface area contributed by atoms with E-state index >= 15 is 0 Å². The van der Waals surface area contributed by atoms with E-state index in [0.29, 0.717) is 0 Å². The van der Waals surface area contributed by atoms with Crippen LogP contribution in [0.5, 0.6) is 0 Å². The van der Waals surface area contributed by atoms with Gasteiger partial charge in [0.25, 0.3) is 0 Å². The lowest BCUT2D eigenvalue weighted by Gasteiger charge is -2.24. The van der Waals surface area contributed by atoms with Crippen LogP contribution in [0, 0.1) is 0 Å². The van der Waals surface area contributed by atoms with E-state index in [1.165, 1.54) is 0 Å². The van der Waals surface area contributed by atoms with E-state index in [1.54, 1.807) is 11.8 Å². The van der Waals surface area contributed by atoms with Crippen LogP contribution >= 0.6 is 11.8 Å². The zero-order valence-corrected chi connectivity index (χ0v) is 6.47. The lowest BCUT2D eigenvalue weighted by molar-refractivity contribution is 0.0794. The standard InChI is InChI=1S/C6H10N2OS/c9-5-4-10-6-7-2-1-3-8(5)6/h5,9H,1-4H2. The molecular formula is C6H10N2OS. The second-order valence-electron chi connectivity index (χ2n) is 2.50. The third-order valence-corrected chi connectivity index (χ3v) is 2.86. The molecule has 2 aliphatic heterocycles. The molecule has 1 atom stereocenters. The Hall–Kier alpha value is -0.220. The summed E-state index contributed by atoms with van der Waals surface area (Å²) < 4.78 is 0. The Morgan fingerprint density at radius 2 is 2.60 bits per heavy atom. The van der Waals surface area contributed by atoms with Crippen LogP contribution in [0.1, 0.15) is 6.42 Å². The highest BCUT2D eigenvalue weighted by molar-refractivity contribution is 8.14. The molecule has 56 valence electrons. The van der Waals surface area contributed by atoms with E-state index in [-0.39, 0.29) is 6.23 Å². The van der Waals surface area contributed by atoms with Crippen molar-refractivity contribution in [2.75, 3.05) is 18.8 Å². The molecule has 0 bridgehead atoms. The number of aliphatic hydroxyl groups is 1. The van der Waals surface area contributed by atoms with Gasteiger partial charge in [0.05, 0.1) is 0 Å². The number of amidine groups is 1. The van der Waals surface area contributed by atoms with Gasteiger partial charge in [-0.3, -0.25) is 4.99 Å². The first-order valence-corrected chi connectivity index (χ1v) is 4.48. The number of rotatable bonds is 0. The van der Waals surface area contributed by atoms with E-state index in [4.69, 9.17) is 0 Å². The van der Waals surface area contributed by atoms with Crippen molar-refractivity contribution >= 4 is 16.9 Å². The molecule has 0 aliphatic carbocycles. The van der Waals surface area contributed by atoms with Crippen molar-refractivity contribution in [3.8, 4) is 0 Å². The lowest BCUT2D eigenvalue weighted by atomic mass is 10.3. The van der Waals surface area contributed by atoms with Gasteiger partial charge in [-0.25, -0.2) is 0 Å². The Labute approximate surface area is 64.1 Å². The predicted molar refractivity (Wildman–Crippen MR) is 42.1 cm³/mol.